The number of ether oxygens (including phenoxy) is 2. The topological polar surface area (TPSA) is 88.2 Å². The number of halogens is 2. The molecule has 2 heterocycles. The Kier molecular flexibility index (Phi) is 9.11. The van der Waals surface area contributed by atoms with Crippen molar-refractivity contribution in [3.05, 3.63) is 92.3 Å². The molecule has 0 unspecified atom stereocenters. The summed E-state index contributed by atoms with van der Waals surface area (Å²) in [4.78, 5) is 42.2. The Hall–Kier alpha value is -3.31. The highest BCUT2D eigenvalue weighted by molar-refractivity contribution is 9.10. The first-order valence-electron chi connectivity index (χ1n) is 12.5. The normalized spacial score (nSPS) is 16.5. The molecule has 0 bridgehead atoms. The monoisotopic (exact) mass is 641 g/mol. The lowest BCUT2D eigenvalue weighted by atomic mass is 10.1. The Bertz CT molecular complexity index is 1480. The Balaban J connectivity index is 1.28. The predicted octanol–water partition coefficient (Wildman–Crippen LogP) is 6.19. The lowest BCUT2D eigenvalue weighted by Crippen LogP contribution is -2.38. The van der Waals surface area contributed by atoms with Crippen LogP contribution in [-0.2, 0) is 20.9 Å². The molecule has 0 aromatic heterocycles. The largest absolute Gasteiger partial charge is 0.488 e. The molecule has 40 heavy (non-hydrogen) atoms. The van der Waals surface area contributed by atoms with Crippen LogP contribution in [0.25, 0.3) is 6.08 Å². The number of hydrogen-bond acceptors (Lipinski definition) is 7. The van der Waals surface area contributed by atoms with Crippen molar-refractivity contribution in [3.8, 4) is 5.75 Å². The zero-order valence-electron chi connectivity index (χ0n) is 21.3. The number of nitrogens with zero attached hydrogens (tertiary/aromatic N) is 2. The highest BCUT2D eigenvalue weighted by atomic mass is 79.9. The van der Waals surface area contributed by atoms with Crippen LogP contribution in [0.3, 0.4) is 0 Å². The molecular weight excluding hydrogens is 618 g/mol. The Morgan fingerprint density at radius 3 is 2.62 bits per heavy atom. The summed E-state index contributed by atoms with van der Waals surface area (Å²) in [5, 5.41) is 2.94. The van der Waals surface area contributed by atoms with Gasteiger partial charge in [-0.2, -0.15) is 0 Å². The number of carbonyl (C=O) groups is 3. The van der Waals surface area contributed by atoms with E-state index < -0.39 is 23.6 Å². The van der Waals surface area contributed by atoms with Crippen LogP contribution in [0.1, 0.15) is 11.1 Å². The maximum absolute atomic E-state index is 13.2. The summed E-state index contributed by atoms with van der Waals surface area (Å²) < 4.78 is 12.2. The average molecular weight is 643 g/mol. The minimum absolute atomic E-state index is 0.201. The maximum Gasteiger partial charge on any atom is 0.294 e. The second kappa shape index (κ2) is 12.9. The number of para-hydroxylation sites is 2. The second-order valence-corrected chi connectivity index (χ2v) is 11.3. The summed E-state index contributed by atoms with van der Waals surface area (Å²) in [5.41, 5.74) is 2.91. The highest BCUT2D eigenvalue weighted by Gasteiger charge is 2.36. The fourth-order valence-corrected chi connectivity index (χ4v) is 5.70. The van der Waals surface area contributed by atoms with Crippen molar-refractivity contribution >= 4 is 73.8 Å². The van der Waals surface area contributed by atoms with Gasteiger partial charge in [0.05, 0.1) is 29.5 Å². The zero-order chi connectivity index (χ0) is 28.1. The lowest BCUT2D eigenvalue weighted by Gasteiger charge is -2.30. The van der Waals surface area contributed by atoms with Crippen LogP contribution in [-0.4, -0.2) is 54.8 Å². The molecule has 1 N–H and O–H groups in total. The van der Waals surface area contributed by atoms with Gasteiger partial charge >= 0.3 is 0 Å². The summed E-state index contributed by atoms with van der Waals surface area (Å²) >= 11 is 10.5. The SMILES string of the molecule is O=C(CN1C(=O)S/C(=C/c2cc(Br)ccc2OCc2ccccc2Cl)C1=O)Nc1ccccc1N1CCOCC1. The van der Waals surface area contributed by atoms with Crippen LogP contribution in [0, 0.1) is 0 Å². The van der Waals surface area contributed by atoms with E-state index in [1.165, 1.54) is 0 Å². The minimum Gasteiger partial charge on any atom is -0.488 e. The zero-order valence-corrected chi connectivity index (χ0v) is 24.4. The van der Waals surface area contributed by atoms with Gasteiger partial charge in [-0.3, -0.25) is 19.3 Å². The van der Waals surface area contributed by atoms with Crippen molar-refractivity contribution in [3.63, 3.8) is 0 Å². The first-order valence-corrected chi connectivity index (χ1v) is 14.5. The standard InChI is InChI=1S/C29H25BrClN3O5S/c30-21-9-10-25(39-18-19-5-1-2-6-22(19)31)20(15-21)16-26-28(36)34(29(37)40-26)17-27(35)32-23-7-3-4-8-24(23)33-11-13-38-14-12-33/h1-10,15-16H,11-14,17-18H2,(H,32,35)/b26-16+. The van der Waals surface area contributed by atoms with E-state index in [4.69, 9.17) is 21.1 Å². The van der Waals surface area contributed by atoms with Gasteiger partial charge in [0.25, 0.3) is 11.1 Å². The van der Waals surface area contributed by atoms with Crippen LogP contribution >= 0.6 is 39.3 Å². The van der Waals surface area contributed by atoms with Gasteiger partial charge < -0.3 is 19.7 Å². The van der Waals surface area contributed by atoms with Gasteiger partial charge in [-0.25, -0.2) is 0 Å². The minimum atomic E-state index is -0.538. The smallest absolute Gasteiger partial charge is 0.294 e. The number of carbonyl (C=O) groups excluding carboxylic acids is 3. The van der Waals surface area contributed by atoms with Gasteiger partial charge in [-0.15, -0.1) is 0 Å². The maximum atomic E-state index is 13.2. The van der Waals surface area contributed by atoms with E-state index in [1.54, 1.807) is 30.3 Å². The van der Waals surface area contributed by atoms with Gasteiger partial charge in [0.2, 0.25) is 5.91 Å². The number of anilines is 2. The summed E-state index contributed by atoms with van der Waals surface area (Å²) in [7, 11) is 0. The van der Waals surface area contributed by atoms with E-state index in [9.17, 15) is 14.4 Å². The molecule has 5 rings (SSSR count). The van der Waals surface area contributed by atoms with E-state index in [0.29, 0.717) is 48.3 Å². The summed E-state index contributed by atoms with van der Waals surface area (Å²) in [6.07, 6.45) is 1.60. The molecule has 3 amide bonds. The second-order valence-electron chi connectivity index (χ2n) is 8.99. The highest BCUT2D eigenvalue weighted by Crippen LogP contribution is 2.35. The molecular formula is C29H25BrClN3O5S. The molecule has 0 radical (unpaired) electrons. The van der Waals surface area contributed by atoms with Gasteiger partial charge in [-0.05, 0) is 54.2 Å². The van der Waals surface area contributed by atoms with Crippen molar-refractivity contribution in [2.24, 2.45) is 0 Å². The van der Waals surface area contributed by atoms with Crippen molar-refractivity contribution in [1.82, 2.24) is 4.90 Å². The van der Waals surface area contributed by atoms with Crippen LogP contribution in [0.5, 0.6) is 5.75 Å². The van der Waals surface area contributed by atoms with E-state index in [0.717, 1.165) is 32.4 Å². The molecule has 3 aromatic carbocycles. The van der Waals surface area contributed by atoms with E-state index in [-0.39, 0.29) is 11.5 Å². The van der Waals surface area contributed by atoms with Crippen molar-refractivity contribution in [2.75, 3.05) is 43.1 Å². The van der Waals surface area contributed by atoms with Crippen LogP contribution in [0.15, 0.2) is 76.1 Å². The number of amides is 3. The lowest BCUT2D eigenvalue weighted by molar-refractivity contribution is -0.127. The molecule has 3 aromatic rings. The number of hydrogen-bond donors (Lipinski definition) is 1. The Morgan fingerprint density at radius 1 is 1.07 bits per heavy atom. The van der Waals surface area contributed by atoms with Crippen LogP contribution in [0.2, 0.25) is 5.02 Å². The Morgan fingerprint density at radius 2 is 1.82 bits per heavy atom. The molecule has 206 valence electrons. The number of nitrogens with one attached hydrogen (secondary N) is 1. The third-order valence-corrected chi connectivity index (χ3v) is 8.07. The van der Waals surface area contributed by atoms with E-state index in [2.05, 4.69) is 26.1 Å². The Labute approximate surface area is 249 Å². The first kappa shape index (κ1) is 28.2. The van der Waals surface area contributed by atoms with Gasteiger partial charge in [0.15, 0.2) is 0 Å². The molecule has 2 aliphatic rings. The molecule has 11 heteroatoms. The summed E-state index contributed by atoms with van der Waals surface area (Å²) in [6.45, 7) is 2.47. The number of imide groups is 1. The molecule has 2 fully saturated rings. The van der Waals surface area contributed by atoms with Crippen LogP contribution in [0.4, 0.5) is 16.2 Å². The van der Waals surface area contributed by atoms with Gasteiger partial charge in [0.1, 0.15) is 18.9 Å². The molecule has 0 aliphatic carbocycles. The number of morpholine rings is 1. The summed E-state index contributed by atoms with van der Waals surface area (Å²) in [5.74, 6) is -0.480. The molecule has 0 saturated carbocycles. The third kappa shape index (κ3) is 6.69. The number of rotatable bonds is 8. The molecule has 2 aliphatic heterocycles. The molecule has 8 nitrogen and oxygen atoms in total. The van der Waals surface area contributed by atoms with Crippen molar-refractivity contribution in [1.29, 1.82) is 0 Å². The van der Waals surface area contributed by atoms with Crippen molar-refractivity contribution < 1.29 is 23.9 Å². The van der Waals surface area contributed by atoms with E-state index >= 15 is 0 Å². The molecule has 0 spiro atoms. The van der Waals surface area contributed by atoms with Gasteiger partial charge in [0, 0.05) is 33.7 Å². The molecule has 0 atom stereocenters. The number of thioether (sulfide) groups is 1. The molecule has 2 saturated heterocycles. The van der Waals surface area contributed by atoms with E-state index in [1.807, 2.05) is 42.5 Å². The first-order chi connectivity index (χ1) is 19.4. The van der Waals surface area contributed by atoms with Crippen molar-refractivity contribution in [2.45, 2.75) is 6.61 Å². The predicted molar refractivity (Wildman–Crippen MR) is 161 cm³/mol. The van der Waals surface area contributed by atoms with Crippen LogP contribution < -0.4 is 15.0 Å². The number of benzene rings is 3. The van der Waals surface area contributed by atoms with Gasteiger partial charge in [-0.1, -0.05) is 57.9 Å². The quantitative estimate of drug-likeness (QED) is 0.293. The third-order valence-electron chi connectivity index (χ3n) is 6.30. The fraction of sp³-hybridized carbons (Fsp3) is 0.207. The average Bonchev–Trinajstić information content (AvgIpc) is 3.21. The summed E-state index contributed by atoms with van der Waals surface area (Å²) in [6, 6.07) is 20.2. The fourth-order valence-electron chi connectivity index (χ4n) is 4.30.